The minimum atomic E-state index is 0.710. The molecule has 2 nitrogen and oxygen atoms in total. The first-order valence-corrected chi connectivity index (χ1v) is 4.74. The molecule has 3 heteroatoms. The molecule has 0 aliphatic rings. The Balaban J connectivity index is 2.96. The molecule has 2 rings (SSSR count). The summed E-state index contributed by atoms with van der Waals surface area (Å²) in [5, 5.41) is 0.974. The molecule has 1 heterocycles. The second-order valence-electron chi connectivity index (χ2n) is 2.97. The Hall–Kier alpha value is -1.09. The lowest BCUT2D eigenvalue weighted by Gasteiger charge is -2.01. The Bertz CT molecular complexity index is 473. The largest absolute Gasteiger partial charge is 0.361 e. The molecule has 0 spiro atoms. The molecule has 0 radical (unpaired) electrons. The van der Waals surface area contributed by atoms with Crippen LogP contribution in [0.2, 0.25) is 0 Å². The minimum Gasteiger partial charge on any atom is -0.361 e. The highest BCUT2D eigenvalue weighted by Crippen LogP contribution is 2.27. The van der Waals surface area contributed by atoms with Crippen LogP contribution < -0.4 is 0 Å². The van der Waals surface area contributed by atoms with Gasteiger partial charge in [-0.05, 0) is 24.6 Å². The molecule has 0 bridgehead atoms. The van der Waals surface area contributed by atoms with E-state index >= 15 is 0 Å². The van der Waals surface area contributed by atoms with Crippen molar-refractivity contribution in [2.45, 2.75) is 6.92 Å². The SMILES string of the molecule is Cc1cc(Br)c(C=O)c2cc[nH]c12. The van der Waals surface area contributed by atoms with Gasteiger partial charge in [0, 0.05) is 27.1 Å². The first-order chi connectivity index (χ1) is 6.24. The fourth-order valence-corrected chi connectivity index (χ4v) is 2.16. The molecule has 0 amide bonds. The van der Waals surface area contributed by atoms with Gasteiger partial charge in [0.1, 0.15) is 0 Å². The van der Waals surface area contributed by atoms with Crippen molar-refractivity contribution in [1.29, 1.82) is 0 Å². The van der Waals surface area contributed by atoms with Crippen LogP contribution in [0.3, 0.4) is 0 Å². The van der Waals surface area contributed by atoms with Crippen LogP contribution >= 0.6 is 15.9 Å². The van der Waals surface area contributed by atoms with Crippen LogP contribution in [0.1, 0.15) is 15.9 Å². The molecule has 0 saturated carbocycles. The van der Waals surface area contributed by atoms with E-state index in [1.54, 1.807) is 0 Å². The summed E-state index contributed by atoms with van der Waals surface area (Å²) in [5.41, 5.74) is 2.88. The summed E-state index contributed by atoms with van der Waals surface area (Å²) in [6, 6.07) is 3.86. The van der Waals surface area contributed by atoms with E-state index in [9.17, 15) is 4.79 Å². The third-order valence-electron chi connectivity index (χ3n) is 2.15. The number of carbonyl (C=O) groups is 1. The van der Waals surface area contributed by atoms with Gasteiger partial charge < -0.3 is 4.98 Å². The topological polar surface area (TPSA) is 32.9 Å². The molecule has 1 N–H and O–H groups in total. The van der Waals surface area contributed by atoms with Crippen LogP contribution in [0, 0.1) is 6.92 Å². The second kappa shape index (κ2) is 3.00. The molecule has 1 aromatic heterocycles. The van der Waals surface area contributed by atoms with Gasteiger partial charge in [0.15, 0.2) is 6.29 Å². The summed E-state index contributed by atoms with van der Waals surface area (Å²) < 4.78 is 0.854. The molecule has 13 heavy (non-hydrogen) atoms. The number of H-pyrrole nitrogens is 1. The Morgan fingerprint density at radius 2 is 2.31 bits per heavy atom. The van der Waals surface area contributed by atoms with Crippen LogP contribution in [-0.4, -0.2) is 11.3 Å². The Morgan fingerprint density at radius 3 is 3.00 bits per heavy atom. The highest BCUT2D eigenvalue weighted by atomic mass is 79.9. The van der Waals surface area contributed by atoms with Gasteiger partial charge in [-0.15, -0.1) is 0 Å². The molecular weight excluding hydrogens is 230 g/mol. The number of carbonyl (C=O) groups excluding carboxylic acids is 1. The molecule has 0 saturated heterocycles. The summed E-state index contributed by atoms with van der Waals surface area (Å²) in [6.45, 7) is 2.01. The second-order valence-corrected chi connectivity index (χ2v) is 3.83. The molecule has 0 aliphatic heterocycles. The van der Waals surface area contributed by atoms with Crippen molar-refractivity contribution in [3.8, 4) is 0 Å². The highest BCUT2D eigenvalue weighted by molar-refractivity contribution is 9.10. The number of aryl methyl sites for hydroxylation is 1. The molecule has 2 aromatic rings. The number of aromatic amines is 1. The number of aldehydes is 1. The maximum atomic E-state index is 10.8. The Labute approximate surface area is 84.1 Å². The predicted octanol–water partition coefficient (Wildman–Crippen LogP) is 3.05. The van der Waals surface area contributed by atoms with Gasteiger partial charge in [0.2, 0.25) is 0 Å². The van der Waals surface area contributed by atoms with Crippen molar-refractivity contribution in [3.63, 3.8) is 0 Å². The summed E-state index contributed by atoms with van der Waals surface area (Å²) >= 11 is 3.37. The molecule has 0 unspecified atom stereocenters. The monoisotopic (exact) mass is 237 g/mol. The number of aromatic nitrogens is 1. The van der Waals surface area contributed by atoms with Crippen LogP contribution in [0.25, 0.3) is 10.9 Å². The lowest BCUT2D eigenvalue weighted by Crippen LogP contribution is -1.86. The number of halogens is 1. The van der Waals surface area contributed by atoms with Crippen molar-refractivity contribution in [2.75, 3.05) is 0 Å². The average molecular weight is 238 g/mol. The van der Waals surface area contributed by atoms with Gasteiger partial charge >= 0.3 is 0 Å². The summed E-state index contributed by atoms with van der Waals surface area (Å²) in [7, 11) is 0. The van der Waals surface area contributed by atoms with E-state index in [0.29, 0.717) is 5.56 Å². The zero-order chi connectivity index (χ0) is 9.42. The molecule has 1 aromatic carbocycles. The summed E-state index contributed by atoms with van der Waals surface area (Å²) in [6.07, 6.45) is 2.72. The van der Waals surface area contributed by atoms with E-state index in [2.05, 4.69) is 20.9 Å². The van der Waals surface area contributed by atoms with Gasteiger partial charge in [-0.25, -0.2) is 0 Å². The van der Waals surface area contributed by atoms with Crippen molar-refractivity contribution in [2.24, 2.45) is 0 Å². The zero-order valence-electron chi connectivity index (χ0n) is 7.10. The maximum Gasteiger partial charge on any atom is 0.151 e. The van der Waals surface area contributed by atoms with Crippen LogP contribution in [0.4, 0.5) is 0 Å². The van der Waals surface area contributed by atoms with Gasteiger partial charge in [0.25, 0.3) is 0 Å². The van der Waals surface area contributed by atoms with Crippen molar-refractivity contribution in [3.05, 3.63) is 33.9 Å². The van der Waals surface area contributed by atoms with Crippen molar-refractivity contribution < 1.29 is 4.79 Å². The lowest BCUT2D eigenvalue weighted by atomic mass is 10.1. The van der Waals surface area contributed by atoms with E-state index in [4.69, 9.17) is 0 Å². The fourth-order valence-electron chi connectivity index (χ4n) is 1.51. The van der Waals surface area contributed by atoms with Crippen molar-refractivity contribution >= 4 is 33.1 Å². The van der Waals surface area contributed by atoms with Crippen molar-refractivity contribution in [1.82, 2.24) is 4.98 Å². The number of hydrogen-bond donors (Lipinski definition) is 1. The van der Waals surface area contributed by atoms with Gasteiger partial charge in [0.05, 0.1) is 0 Å². The molecule has 0 atom stereocenters. The third-order valence-corrected chi connectivity index (χ3v) is 2.81. The number of nitrogens with one attached hydrogen (secondary N) is 1. The average Bonchev–Trinajstić information content (AvgIpc) is 2.53. The van der Waals surface area contributed by atoms with Crippen LogP contribution in [0.15, 0.2) is 22.8 Å². The van der Waals surface area contributed by atoms with Crippen LogP contribution in [-0.2, 0) is 0 Å². The van der Waals surface area contributed by atoms with Gasteiger partial charge in [-0.2, -0.15) is 0 Å². The first-order valence-electron chi connectivity index (χ1n) is 3.95. The summed E-state index contributed by atoms with van der Waals surface area (Å²) in [4.78, 5) is 13.9. The molecular formula is C10H8BrNO. The van der Waals surface area contributed by atoms with E-state index in [0.717, 1.165) is 27.2 Å². The van der Waals surface area contributed by atoms with Crippen LogP contribution in [0.5, 0.6) is 0 Å². The standard InChI is InChI=1S/C10H8BrNO/c1-6-4-9(11)8(5-13)7-2-3-12-10(6)7/h2-5,12H,1H3. The fraction of sp³-hybridized carbons (Fsp3) is 0.100. The summed E-state index contributed by atoms with van der Waals surface area (Å²) in [5.74, 6) is 0. The molecule has 0 aliphatic carbocycles. The van der Waals surface area contributed by atoms with E-state index in [1.807, 2.05) is 25.3 Å². The number of benzene rings is 1. The third kappa shape index (κ3) is 1.20. The lowest BCUT2D eigenvalue weighted by molar-refractivity contribution is 0.112. The smallest absolute Gasteiger partial charge is 0.151 e. The molecule has 0 fully saturated rings. The van der Waals surface area contributed by atoms with E-state index in [-0.39, 0.29) is 0 Å². The number of fused-ring (bicyclic) bond motifs is 1. The Kier molecular flexibility index (Phi) is 1.96. The highest BCUT2D eigenvalue weighted by Gasteiger charge is 2.07. The number of rotatable bonds is 1. The quantitative estimate of drug-likeness (QED) is 0.761. The zero-order valence-corrected chi connectivity index (χ0v) is 8.68. The maximum absolute atomic E-state index is 10.8. The van der Waals surface area contributed by atoms with E-state index < -0.39 is 0 Å². The minimum absolute atomic E-state index is 0.710. The van der Waals surface area contributed by atoms with Gasteiger partial charge in [-0.1, -0.05) is 15.9 Å². The Morgan fingerprint density at radius 1 is 1.54 bits per heavy atom. The van der Waals surface area contributed by atoms with Gasteiger partial charge in [-0.3, -0.25) is 4.79 Å². The molecule has 66 valence electrons. The predicted molar refractivity (Wildman–Crippen MR) is 56.1 cm³/mol. The normalized spacial score (nSPS) is 10.6. The van der Waals surface area contributed by atoms with E-state index in [1.165, 1.54) is 0 Å². The number of hydrogen-bond acceptors (Lipinski definition) is 1. The first kappa shape index (κ1) is 8.51.